The Morgan fingerprint density at radius 1 is 0.324 bits per heavy atom. The van der Waals surface area contributed by atoms with E-state index in [0.717, 1.165) is 151 Å². The number of halogens is 1. The van der Waals surface area contributed by atoms with Crippen molar-refractivity contribution in [3.05, 3.63) is 460 Å². The van der Waals surface area contributed by atoms with Gasteiger partial charge < -0.3 is 27.9 Å². The van der Waals surface area contributed by atoms with Gasteiger partial charge in [-0.05, 0) is 178 Å². The van der Waals surface area contributed by atoms with Gasteiger partial charge in [0.05, 0.1) is 39.1 Å². The van der Waals surface area contributed by atoms with Crippen LogP contribution in [0.3, 0.4) is 0 Å². The number of aryl methyl sites for hydroxylation is 3. The summed E-state index contributed by atoms with van der Waals surface area (Å²) < 4.78 is 32.1. The van der Waals surface area contributed by atoms with Crippen molar-refractivity contribution < 1.29 is 53.4 Å². The first-order chi connectivity index (χ1) is 66.2. The molecule has 24 rings (SSSR count). The molecule has 7 aromatic heterocycles. The molecular formula is C125H95FIr2N6O2-2. The molecule has 11 heteroatoms. The molecule has 0 spiro atoms. The number of hydrogen-bond donors (Lipinski definition) is 0. The fraction of sp³-hybridized carbons (Fsp3) is 0.0880. The summed E-state index contributed by atoms with van der Waals surface area (Å²) in [6.07, 6.45) is 13.5. The number of fused-ring (bicyclic) bond motifs is 13. The molecule has 17 aromatic carbocycles. The van der Waals surface area contributed by atoms with Gasteiger partial charge in [-0.25, -0.2) is 9.97 Å². The van der Waals surface area contributed by atoms with E-state index in [0.29, 0.717) is 11.4 Å². The summed E-state index contributed by atoms with van der Waals surface area (Å²) in [7, 11) is 0. The zero-order valence-electron chi connectivity index (χ0n) is 75.6. The Balaban J connectivity index is 0.000000119. The van der Waals surface area contributed by atoms with Gasteiger partial charge in [-0.3, -0.25) is 4.39 Å². The van der Waals surface area contributed by atoms with E-state index in [-0.39, 0.29) is 46.0 Å². The summed E-state index contributed by atoms with van der Waals surface area (Å²) in [5.74, 6) is 0.417. The predicted molar refractivity (Wildman–Crippen MR) is 555 cm³/mol. The van der Waals surface area contributed by atoms with Crippen LogP contribution in [0.1, 0.15) is 69.1 Å². The normalized spacial score (nSPS) is 11.2. The fourth-order valence-electron chi connectivity index (χ4n) is 18.7. The largest absolute Gasteiger partial charge is 0.455 e. The van der Waals surface area contributed by atoms with Gasteiger partial charge in [0.25, 0.3) is 0 Å². The Morgan fingerprint density at radius 2 is 0.846 bits per heavy atom. The number of rotatable bonds is 19. The third-order valence-electron chi connectivity index (χ3n) is 25.5. The summed E-state index contributed by atoms with van der Waals surface area (Å²) in [5, 5.41) is 11.7. The van der Waals surface area contributed by atoms with Crippen LogP contribution in [0.4, 0.5) is 4.39 Å². The van der Waals surface area contributed by atoms with Crippen LogP contribution in [0.25, 0.3) is 211 Å². The summed E-state index contributed by atoms with van der Waals surface area (Å²) in [4.78, 5) is 19.3. The van der Waals surface area contributed by atoms with E-state index < -0.39 is 0 Å². The van der Waals surface area contributed by atoms with E-state index >= 15 is 0 Å². The maximum absolute atomic E-state index is 14.5. The molecule has 2 radical (unpaired) electrons. The Morgan fingerprint density at radius 3 is 1.53 bits per heavy atom. The number of furan rings is 2. The van der Waals surface area contributed by atoms with Crippen molar-refractivity contribution in [2.24, 2.45) is 0 Å². The second kappa shape index (κ2) is 41.1. The molecule has 7 heterocycles. The molecule has 0 fully saturated rings. The standard InChI is InChI=1S/C40H26N2O.C36H22N2O.C25H21FN.C24H26N.2Ir/c1-3-12-27(13-4-1)29-16-9-18-31(24-29)37-26-36(28-14-5-2-6-15-28)41-40(42-37)32-19-10-17-30(25-32)33-21-11-22-35-34-20-7-8-23-38(34)43-39(33)35;1-5-15-30-24(10-1)25-11-2-6-16-31(25)37(30)23-20-21-33-29(22-23)26-12-3-7-17-32(26)38(33)34-18-9-14-28-27-13-4-8-19-35(27)39-36(28)34;1-2-3-6-18-9-11-20(12-10-18)23-17-21(13-14-24(23)26)25-22-8-5-4-7-19(22)15-16-27-25;1-3-4-5-6-8-20-12-14-21(15-13-20)22-9-7-10-23(17-22)24-16-11-19(2)18-25-24;;/h1-26H;1-22H;4-5,7-12,14-17H,2-3,6H2,1H3;7,9,11-18H,3-6,8H2,1-2H3;;/q;;2*-1;;. The Hall–Kier alpha value is -15.2. The van der Waals surface area contributed by atoms with Crippen molar-refractivity contribution in [1.29, 1.82) is 0 Å². The van der Waals surface area contributed by atoms with Crippen molar-refractivity contribution >= 4 is 98.3 Å². The van der Waals surface area contributed by atoms with Crippen LogP contribution in [0, 0.1) is 24.9 Å². The summed E-state index contributed by atoms with van der Waals surface area (Å²) >= 11 is 0. The molecule has 0 bridgehead atoms. The van der Waals surface area contributed by atoms with Crippen LogP contribution in [0.2, 0.25) is 0 Å². The average Bonchev–Trinajstić information content (AvgIpc) is 1.56. The fourth-order valence-corrected chi connectivity index (χ4v) is 18.7. The predicted octanol–water partition coefficient (Wildman–Crippen LogP) is 34.0. The number of benzene rings is 17. The van der Waals surface area contributed by atoms with Crippen molar-refractivity contribution in [1.82, 2.24) is 29.1 Å². The van der Waals surface area contributed by atoms with Gasteiger partial charge in [-0.1, -0.05) is 348 Å². The number of hydrogen-bond acceptors (Lipinski definition) is 6. The molecule has 0 aliphatic carbocycles. The Labute approximate surface area is 818 Å². The molecule has 0 amide bonds. The van der Waals surface area contributed by atoms with E-state index in [1.165, 1.54) is 122 Å². The van der Waals surface area contributed by atoms with E-state index in [2.05, 4.69) is 361 Å². The van der Waals surface area contributed by atoms with Crippen molar-refractivity contribution in [3.8, 4) is 112 Å². The van der Waals surface area contributed by atoms with Crippen LogP contribution in [-0.4, -0.2) is 29.1 Å². The molecule has 664 valence electrons. The quantitative estimate of drug-likeness (QED) is 0.0592. The molecule has 0 aliphatic heterocycles. The zero-order valence-corrected chi connectivity index (χ0v) is 80.4. The van der Waals surface area contributed by atoms with Crippen LogP contribution >= 0.6 is 0 Å². The number of para-hydroxylation sites is 7. The number of pyridine rings is 2. The van der Waals surface area contributed by atoms with E-state index in [1.807, 2.05) is 103 Å². The summed E-state index contributed by atoms with van der Waals surface area (Å²) in [5.41, 5.74) is 31.3. The summed E-state index contributed by atoms with van der Waals surface area (Å²) in [6.45, 7) is 6.50. The minimum absolute atomic E-state index is 0. The molecule has 0 N–H and O–H groups in total. The maximum Gasteiger partial charge on any atom is 0.160 e. The molecule has 0 aliphatic rings. The van der Waals surface area contributed by atoms with Crippen molar-refractivity contribution in [2.45, 2.75) is 72.1 Å². The van der Waals surface area contributed by atoms with Gasteiger partial charge in [0.2, 0.25) is 0 Å². The molecule has 0 unspecified atom stereocenters. The van der Waals surface area contributed by atoms with Gasteiger partial charge >= 0.3 is 0 Å². The number of aromatic nitrogens is 6. The van der Waals surface area contributed by atoms with E-state index in [9.17, 15) is 4.39 Å². The van der Waals surface area contributed by atoms with Crippen molar-refractivity contribution in [3.63, 3.8) is 0 Å². The van der Waals surface area contributed by atoms with Gasteiger partial charge in [0, 0.05) is 129 Å². The molecule has 0 atom stereocenters. The molecule has 8 nitrogen and oxygen atoms in total. The van der Waals surface area contributed by atoms with Gasteiger partial charge in [-0.15, -0.1) is 59.2 Å². The number of unbranched alkanes of at least 4 members (excludes halogenated alkanes) is 4. The molecule has 136 heavy (non-hydrogen) atoms. The van der Waals surface area contributed by atoms with Gasteiger partial charge in [-0.2, -0.15) is 0 Å². The maximum atomic E-state index is 14.5. The Bertz CT molecular complexity index is 8310. The molecule has 0 saturated carbocycles. The van der Waals surface area contributed by atoms with Gasteiger partial charge in [0.15, 0.2) is 11.4 Å². The van der Waals surface area contributed by atoms with Crippen LogP contribution in [0.5, 0.6) is 0 Å². The first-order valence-electron chi connectivity index (χ1n) is 46.4. The minimum Gasteiger partial charge on any atom is -0.455 e. The van der Waals surface area contributed by atoms with Crippen LogP contribution in [0.15, 0.2) is 434 Å². The third-order valence-corrected chi connectivity index (χ3v) is 25.5. The number of nitrogens with zero attached hydrogens (tertiary/aromatic N) is 6. The summed E-state index contributed by atoms with van der Waals surface area (Å²) in [6, 6.07) is 149. The van der Waals surface area contributed by atoms with E-state index in [4.69, 9.17) is 18.8 Å². The smallest absolute Gasteiger partial charge is 0.160 e. The Kier molecular flexibility index (Phi) is 27.2. The molecule has 24 aromatic rings. The van der Waals surface area contributed by atoms with Gasteiger partial charge in [0.1, 0.15) is 16.7 Å². The first-order valence-corrected chi connectivity index (χ1v) is 46.4. The minimum atomic E-state index is -0.264. The SMILES string of the molecule is CCCCCCc1ccc(-c2cc[c-]c(-c3ccc(C)cn3)c2)cc1.CCCCc1ccc(-c2cc(-c3nccc4ccccc34)[c-]cc2F)cc1.[Ir].[Ir].c1ccc(-c2cccc(-c3cc(-c4ccccc4)nc(-c4cccc(-c5cccc6c5oc5ccccc56)c4)n3)c2)cc1.c1ccc2c(c1)oc1c(-n3c4ccccc4c4cc(-n5c6ccccc6c6ccccc65)ccc43)cccc12. The molecule has 0 saturated heterocycles. The third kappa shape index (κ3) is 18.7. The topological polar surface area (TPSA) is 87.7 Å². The van der Waals surface area contributed by atoms with E-state index in [1.54, 1.807) is 6.20 Å². The second-order valence-electron chi connectivity index (χ2n) is 34.3. The monoisotopic (exact) mass is 2120 g/mol. The van der Waals surface area contributed by atoms with Crippen LogP contribution < -0.4 is 0 Å². The van der Waals surface area contributed by atoms with Crippen molar-refractivity contribution in [2.75, 3.05) is 0 Å². The average molecular weight is 2120 g/mol. The second-order valence-corrected chi connectivity index (χ2v) is 34.3. The first kappa shape index (κ1) is 90.0. The molecular weight excluding hydrogens is 2020 g/mol. The van der Waals surface area contributed by atoms with Crippen LogP contribution in [-0.2, 0) is 53.1 Å². The zero-order chi connectivity index (χ0) is 90.2.